The Balaban J connectivity index is 2.11. The van der Waals surface area contributed by atoms with Gasteiger partial charge in [-0.05, 0) is 18.9 Å². The van der Waals surface area contributed by atoms with Crippen LogP contribution in [0.1, 0.15) is 38.0 Å². The van der Waals surface area contributed by atoms with Gasteiger partial charge in [0.1, 0.15) is 11.3 Å². The molecule has 1 N–H and O–H groups in total. The Kier molecular flexibility index (Phi) is 2.85. The molecule has 0 aliphatic carbocycles. The van der Waals surface area contributed by atoms with E-state index in [0.29, 0.717) is 13.0 Å². The van der Waals surface area contributed by atoms with Crippen molar-refractivity contribution in [2.24, 2.45) is 0 Å². The van der Waals surface area contributed by atoms with Gasteiger partial charge in [0, 0.05) is 29.3 Å². The lowest BCUT2D eigenvalue weighted by Gasteiger charge is -2.32. The number of hydrogen-bond acceptors (Lipinski definition) is 2. The minimum Gasteiger partial charge on any atom is -0.460 e. The lowest BCUT2D eigenvalue weighted by Crippen LogP contribution is -2.44. The maximum Gasteiger partial charge on any atom is 0.220 e. The van der Waals surface area contributed by atoms with Crippen LogP contribution in [0.4, 0.5) is 0 Å². The van der Waals surface area contributed by atoms with Gasteiger partial charge >= 0.3 is 0 Å². The molecule has 3 rings (SSSR count). The van der Waals surface area contributed by atoms with Crippen LogP contribution in [0.3, 0.4) is 0 Å². The van der Waals surface area contributed by atoms with Crippen molar-refractivity contribution in [3.05, 3.63) is 35.6 Å². The van der Waals surface area contributed by atoms with Gasteiger partial charge in [0.25, 0.3) is 0 Å². The van der Waals surface area contributed by atoms with Crippen LogP contribution >= 0.6 is 0 Å². The number of rotatable bonds is 2. The highest BCUT2D eigenvalue weighted by molar-refractivity contribution is 5.83. The molecule has 2 heterocycles. The number of benzene rings is 1. The number of carbonyl (C=O) groups excluding carboxylic acids is 1. The number of furan rings is 1. The van der Waals surface area contributed by atoms with Crippen LogP contribution in [-0.4, -0.2) is 12.5 Å². The summed E-state index contributed by atoms with van der Waals surface area (Å²) < 4.78 is 6.12. The van der Waals surface area contributed by atoms with Crippen LogP contribution in [0.5, 0.6) is 0 Å². The van der Waals surface area contributed by atoms with Gasteiger partial charge in [-0.15, -0.1) is 0 Å². The summed E-state index contributed by atoms with van der Waals surface area (Å²) in [5.41, 5.74) is 2.15. The molecule has 0 radical (unpaired) electrons. The fourth-order valence-corrected chi connectivity index (χ4v) is 2.99. The second-order valence-corrected chi connectivity index (χ2v) is 5.60. The molecule has 1 aliphatic heterocycles. The molecular formula is C16H19NO2. The molecule has 19 heavy (non-hydrogen) atoms. The van der Waals surface area contributed by atoms with Gasteiger partial charge in [0.2, 0.25) is 5.91 Å². The fraction of sp³-hybridized carbons (Fsp3) is 0.438. The molecule has 1 aromatic carbocycles. The smallest absolute Gasteiger partial charge is 0.220 e. The molecule has 1 unspecified atom stereocenters. The first-order valence-corrected chi connectivity index (χ1v) is 6.91. The fourth-order valence-electron chi connectivity index (χ4n) is 2.99. The van der Waals surface area contributed by atoms with Crippen molar-refractivity contribution >= 4 is 16.9 Å². The van der Waals surface area contributed by atoms with Crippen molar-refractivity contribution in [2.75, 3.05) is 6.54 Å². The summed E-state index contributed by atoms with van der Waals surface area (Å²) in [6.45, 7) is 5.01. The third-order valence-corrected chi connectivity index (χ3v) is 4.18. The number of hydrogen-bond donors (Lipinski definition) is 1. The number of fused-ring (bicyclic) bond motifs is 1. The normalized spacial score (nSPS) is 23.6. The summed E-state index contributed by atoms with van der Waals surface area (Å²) in [4.78, 5) is 11.4. The Bertz CT molecular complexity index is 617. The number of amides is 1. The van der Waals surface area contributed by atoms with Gasteiger partial charge in [0.15, 0.2) is 0 Å². The van der Waals surface area contributed by atoms with E-state index in [2.05, 4.69) is 25.2 Å². The number of para-hydroxylation sites is 1. The average molecular weight is 257 g/mol. The first kappa shape index (κ1) is 12.3. The Hall–Kier alpha value is -1.77. The van der Waals surface area contributed by atoms with E-state index < -0.39 is 0 Å². The zero-order chi connectivity index (χ0) is 13.5. The average Bonchev–Trinajstić information content (AvgIpc) is 2.81. The Morgan fingerprint density at radius 1 is 1.37 bits per heavy atom. The van der Waals surface area contributed by atoms with Crippen molar-refractivity contribution in [3.8, 4) is 0 Å². The van der Waals surface area contributed by atoms with Crippen LogP contribution in [0.25, 0.3) is 11.0 Å². The molecule has 3 nitrogen and oxygen atoms in total. The predicted molar refractivity (Wildman–Crippen MR) is 75.2 cm³/mol. The first-order valence-electron chi connectivity index (χ1n) is 6.91. The zero-order valence-corrected chi connectivity index (χ0v) is 11.5. The van der Waals surface area contributed by atoms with Crippen molar-refractivity contribution in [1.82, 2.24) is 5.32 Å². The molecule has 2 aromatic rings. The zero-order valence-electron chi connectivity index (χ0n) is 11.5. The quantitative estimate of drug-likeness (QED) is 0.898. The third kappa shape index (κ3) is 1.93. The molecule has 0 spiro atoms. The molecule has 3 heteroatoms. The minimum absolute atomic E-state index is 0.0850. The van der Waals surface area contributed by atoms with Crippen LogP contribution in [0.15, 0.2) is 28.7 Å². The molecule has 100 valence electrons. The Labute approximate surface area is 113 Å². The lowest BCUT2D eigenvalue weighted by molar-refractivity contribution is -0.123. The van der Waals surface area contributed by atoms with E-state index in [4.69, 9.17) is 4.42 Å². The van der Waals surface area contributed by atoms with Crippen LogP contribution in [0, 0.1) is 0 Å². The van der Waals surface area contributed by atoms with Gasteiger partial charge in [-0.3, -0.25) is 4.79 Å². The monoisotopic (exact) mass is 257 g/mol. The van der Waals surface area contributed by atoms with E-state index >= 15 is 0 Å². The molecule has 1 amide bonds. The largest absolute Gasteiger partial charge is 0.460 e. The number of nitrogens with one attached hydrogen (secondary N) is 1. The third-order valence-electron chi connectivity index (χ3n) is 4.18. The van der Waals surface area contributed by atoms with Crippen LogP contribution in [-0.2, 0) is 16.6 Å². The van der Waals surface area contributed by atoms with Gasteiger partial charge in [-0.25, -0.2) is 0 Å². The maximum absolute atomic E-state index is 11.4. The molecular weight excluding hydrogens is 238 g/mol. The highest BCUT2D eigenvalue weighted by Gasteiger charge is 2.36. The SMILES string of the molecule is CCc1c(C2(C)CCC(=O)NC2)oc2ccccc12. The summed E-state index contributed by atoms with van der Waals surface area (Å²) in [6.07, 6.45) is 2.39. The molecule has 0 bridgehead atoms. The number of aryl methyl sites for hydroxylation is 1. The van der Waals surface area contributed by atoms with E-state index in [0.717, 1.165) is 24.2 Å². The standard InChI is InChI=1S/C16H19NO2/c1-3-11-12-6-4-5-7-13(12)19-15(11)16(2)9-8-14(18)17-10-16/h4-7H,3,8-10H2,1-2H3,(H,17,18). The Morgan fingerprint density at radius 3 is 2.84 bits per heavy atom. The number of piperidine rings is 1. The molecule has 1 saturated heterocycles. The highest BCUT2D eigenvalue weighted by Crippen LogP contribution is 2.38. The van der Waals surface area contributed by atoms with Crippen LogP contribution in [0.2, 0.25) is 0 Å². The number of carbonyl (C=O) groups is 1. The second-order valence-electron chi connectivity index (χ2n) is 5.60. The minimum atomic E-state index is -0.0850. The topological polar surface area (TPSA) is 42.2 Å². The lowest BCUT2D eigenvalue weighted by atomic mass is 9.78. The molecule has 1 atom stereocenters. The van der Waals surface area contributed by atoms with Gasteiger partial charge < -0.3 is 9.73 Å². The van der Waals surface area contributed by atoms with Crippen molar-refractivity contribution in [3.63, 3.8) is 0 Å². The molecule has 0 saturated carbocycles. The van der Waals surface area contributed by atoms with E-state index in [-0.39, 0.29) is 11.3 Å². The summed E-state index contributed by atoms with van der Waals surface area (Å²) in [7, 11) is 0. The Morgan fingerprint density at radius 2 is 2.16 bits per heavy atom. The van der Waals surface area contributed by atoms with Gasteiger partial charge in [0.05, 0.1) is 0 Å². The van der Waals surface area contributed by atoms with E-state index in [1.54, 1.807) is 0 Å². The molecule has 1 fully saturated rings. The van der Waals surface area contributed by atoms with E-state index in [9.17, 15) is 4.79 Å². The predicted octanol–water partition coefficient (Wildman–Crippen LogP) is 3.16. The summed E-state index contributed by atoms with van der Waals surface area (Å²) in [6, 6.07) is 8.18. The molecule has 1 aromatic heterocycles. The maximum atomic E-state index is 11.4. The van der Waals surface area contributed by atoms with E-state index in [1.807, 2.05) is 18.2 Å². The van der Waals surface area contributed by atoms with Crippen molar-refractivity contribution in [1.29, 1.82) is 0 Å². The van der Waals surface area contributed by atoms with E-state index in [1.165, 1.54) is 10.9 Å². The van der Waals surface area contributed by atoms with Crippen LogP contribution < -0.4 is 5.32 Å². The van der Waals surface area contributed by atoms with Crippen molar-refractivity contribution in [2.45, 2.75) is 38.5 Å². The van der Waals surface area contributed by atoms with Gasteiger partial charge in [-0.1, -0.05) is 32.0 Å². The van der Waals surface area contributed by atoms with Crippen molar-refractivity contribution < 1.29 is 9.21 Å². The summed E-state index contributed by atoms with van der Waals surface area (Å²) in [5, 5.41) is 4.17. The first-order chi connectivity index (χ1) is 9.14. The highest BCUT2D eigenvalue weighted by atomic mass is 16.3. The van der Waals surface area contributed by atoms with Gasteiger partial charge in [-0.2, -0.15) is 0 Å². The second kappa shape index (κ2) is 4.41. The summed E-state index contributed by atoms with van der Waals surface area (Å²) in [5.74, 6) is 1.20. The molecule has 1 aliphatic rings. The summed E-state index contributed by atoms with van der Waals surface area (Å²) >= 11 is 0.